The number of quaternary nitrogens is 1. The summed E-state index contributed by atoms with van der Waals surface area (Å²) in [6, 6.07) is 7.25. The second-order valence-corrected chi connectivity index (χ2v) is 9.69. The predicted octanol–water partition coefficient (Wildman–Crippen LogP) is 2.06. The largest absolute Gasteiger partial charge is 0.839 e. The van der Waals surface area contributed by atoms with Gasteiger partial charge in [-0.3, -0.25) is 0 Å². The molecule has 2 rings (SSSR count). The Morgan fingerprint density at radius 2 is 1.27 bits per heavy atom. The number of alkyl halides is 5. The van der Waals surface area contributed by atoms with Crippen molar-refractivity contribution >= 4 is 15.8 Å². The molecule has 0 aliphatic rings. The minimum atomic E-state index is -6.09. The monoisotopic (exact) mass is 501 g/mol. The van der Waals surface area contributed by atoms with Gasteiger partial charge in [-0.1, -0.05) is 30.3 Å². The van der Waals surface area contributed by atoms with E-state index < -0.39 is 27.8 Å². The first-order valence-electron chi connectivity index (χ1n) is 9.26. The summed E-state index contributed by atoms with van der Waals surface area (Å²) >= 11 is 0. The van der Waals surface area contributed by atoms with E-state index in [9.17, 15) is 27.1 Å². The number of anilines is 1. The summed E-state index contributed by atoms with van der Waals surface area (Å²) in [5, 5.41) is 12.0. The Morgan fingerprint density at radius 3 is 1.58 bits per heavy atom. The fraction of sp³-hybridized carbons (Fsp3) is 0.450. The van der Waals surface area contributed by atoms with Gasteiger partial charge in [0, 0.05) is 38.0 Å². The summed E-state index contributed by atoms with van der Waals surface area (Å²) in [7, 11) is 6.05. The quantitative estimate of drug-likeness (QED) is 0.211. The van der Waals surface area contributed by atoms with Crippen LogP contribution in [-0.2, 0) is 16.2 Å². The maximum atomic E-state index is 14.2. The molecule has 1 aromatic carbocycles. The highest BCUT2D eigenvalue weighted by molar-refractivity contribution is 7.86. The SMILES string of the molecule is CN(C)c1cc[n+](C(F)(F)C([O-])c2ccccc2)cc1.C[N+](C)(C)C.O=S(=O)([O-])C(F)(F)F. The van der Waals surface area contributed by atoms with E-state index in [0.717, 1.165) is 10.2 Å². The summed E-state index contributed by atoms with van der Waals surface area (Å²) in [5.41, 5.74) is -4.78. The first kappa shape index (κ1) is 30.7. The second kappa shape index (κ2) is 11.7. The molecule has 1 atom stereocenters. The number of hydrogen-bond acceptors (Lipinski definition) is 5. The van der Waals surface area contributed by atoms with Crippen LogP contribution >= 0.6 is 0 Å². The van der Waals surface area contributed by atoms with Crippen LogP contribution in [0.3, 0.4) is 0 Å². The zero-order chi connectivity index (χ0) is 26.3. The Bertz CT molecular complexity index is 940. The third kappa shape index (κ3) is 11.4. The maximum absolute atomic E-state index is 14.2. The Balaban J connectivity index is 0.000000652. The molecule has 188 valence electrons. The lowest BCUT2D eigenvalue weighted by Crippen LogP contribution is -2.56. The van der Waals surface area contributed by atoms with Crippen molar-refractivity contribution in [2.45, 2.75) is 17.7 Å². The highest BCUT2D eigenvalue weighted by Gasteiger charge is 2.43. The number of pyridine rings is 1. The van der Waals surface area contributed by atoms with E-state index in [4.69, 9.17) is 13.0 Å². The lowest BCUT2D eigenvalue weighted by molar-refractivity contribution is -0.852. The van der Waals surface area contributed by atoms with Crippen molar-refractivity contribution in [2.24, 2.45) is 0 Å². The van der Waals surface area contributed by atoms with Crippen molar-refractivity contribution in [2.75, 3.05) is 47.2 Å². The summed E-state index contributed by atoms with van der Waals surface area (Å²) in [6.45, 7) is 0. The van der Waals surface area contributed by atoms with Gasteiger partial charge in [0.05, 0.1) is 28.2 Å². The number of benzene rings is 1. The van der Waals surface area contributed by atoms with Gasteiger partial charge in [0.25, 0.3) is 0 Å². The topological polar surface area (TPSA) is 87.4 Å². The van der Waals surface area contributed by atoms with Crippen molar-refractivity contribution in [3.8, 4) is 0 Å². The smallest absolute Gasteiger partial charge is 0.485 e. The van der Waals surface area contributed by atoms with Crippen LogP contribution in [0.4, 0.5) is 27.6 Å². The van der Waals surface area contributed by atoms with Crippen LogP contribution in [0.2, 0.25) is 0 Å². The van der Waals surface area contributed by atoms with Gasteiger partial charge >= 0.3 is 11.6 Å². The Hall–Kier alpha value is -2.35. The minimum Gasteiger partial charge on any atom is -0.839 e. The summed E-state index contributed by atoms with van der Waals surface area (Å²) in [4.78, 5) is 1.80. The zero-order valence-corrected chi connectivity index (χ0v) is 19.9. The van der Waals surface area contributed by atoms with E-state index in [0.29, 0.717) is 4.57 Å². The van der Waals surface area contributed by atoms with Gasteiger partial charge in [0.2, 0.25) is 0 Å². The fourth-order valence-corrected chi connectivity index (χ4v) is 1.88. The lowest BCUT2D eigenvalue weighted by Gasteiger charge is -2.27. The van der Waals surface area contributed by atoms with Crippen molar-refractivity contribution in [3.05, 3.63) is 60.4 Å². The molecule has 0 N–H and O–H groups in total. The van der Waals surface area contributed by atoms with Gasteiger partial charge in [-0.15, -0.1) is 13.3 Å². The Labute approximate surface area is 190 Å². The number of halogens is 5. The lowest BCUT2D eigenvalue weighted by atomic mass is 10.1. The standard InChI is InChI=1S/C15H16F2N2O.C4H12N.CHF3O3S/c1-18(2)13-8-10-19(11-9-13)15(16,17)14(20)12-6-4-3-5-7-12;1-5(2,3)4;2-1(3,4)8(5,6)7/h3-11,14H,1-2H3;1-4H3;(H,5,6,7)/q;+1;/p-1. The highest BCUT2D eigenvalue weighted by Crippen LogP contribution is 2.28. The van der Waals surface area contributed by atoms with Gasteiger partial charge in [-0.05, 0) is 5.56 Å². The van der Waals surface area contributed by atoms with Crippen molar-refractivity contribution < 1.29 is 49.1 Å². The van der Waals surface area contributed by atoms with E-state index in [-0.39, 0.29) is 5.56 Å². The number of rotatable bonds is 4. The van der Waals surface area contributed by atoms with E-state index >= 15 is 0 Å². The van der Waals surface area contributed by atoms with Crippen LogP contribution in [0, 0.1) is 0 Å². The van der Waals surface area contributed by atoms with E-state index in [1.165, 1.54) is 24.5 Å². The van der Waals surface area contributed by atoms with E-state index in [1.54, 1.807) is 35.2 Å². The van der Waals surface area contributed by atoms with E-state index in [1.807, 2.05) is 14.1 Å². The molecule has 1 unspecified atom stereocenters. The van der Waals surface area contributed by atoms with Crippen LogP contribution in [0.1, 0.15) is 11.7 Å². The molecule has 2 aromatic rings. The summed E-state index contributed by atoms with van der Waals surface area (Å²) in [6.07, 6.45) is 0.311. The van der Waals surface area contributed by atoms with Crippen LogP contribution < -0.4 is 14.6 Å². The van der Waals surface area contributed by atoms with Crippen LogP contribution in [0.25, 0.3) is 0 Å². The molecule has 0 saturated heterocycles. The molecule has 33 heavy (non-hydrogen) atoms. The second-order valence-electron chi connectivity index (χ2n) is 8.32. The molecular formula is C20H28F5N3O4S. The number of hydrogen-bond donors (Lipinski definition) is 0. The van der Waals surface area contributed by atoms with Gasteiger partial charge in [0.15, 0.2) is 22.5 Å². The molecule has 0 aliphatic heterocycles. The van der Waals surface area contributed by atoms with Crippen molar-refractivity contribution in [1.29, 1.82) is 0 Å². The highest BCUT2D eigenvalue weighted by atomic mass is 32.2. The third-order valence-corrected chi connectivity index (χ3v) is 3.94. The molecule has 13 heteroatoms. The molecule has 0 bridgehead atoms. The minimum absolute atomic E-state index is 0.0710. The third-order valence-electron chi connectivity index (χ3n) is 3.37. The molecule has 7 nitrogen and oxygen atoms in total. The maximum Gasteiger partial charge on any atom is 0.485 e. The van der Waals surface area contributed by atoms with Crippen LogP contribution in [0.5, 0.6) is 0 Å². The normalized spacial score (nSPS) is 13.1. The molecule has 1 heterocycles. The zero-order valence-electron chi connectivity index (χ0n) is 19.0. The number of aromatic nitrogens is 1. The molecule has 0 saturated carbocycles. The molecule has 0 radical (unpaired) electrons. The van der Waals surface area contributed by atoms with Gasteiger partial charge in [0.1, 0.15) is 0 Å². The summed E-state index contributed by atoms with van der Waals surface area (Å²) < 4.78 is 89.0. The molecule has 0 fully saturated rings. The van der Waals surface area contributed by atoms with Gasteiger partial charge < -0.3 is 19.0 Å². The summed E-state index contributed by atoms with van der Waals surface area (Å²) in [5.74, 6) is 0. The number of nitrogens with zero attached hydrogens (tertiary/aromatic N) is 3. The first-order chi connectivity index (χ1) is 14.7. The fourth-order valence-electron chi connectivity index (χ4n) is 1.88. The molecular weight excluding hydrogens is 473 g/mol. The van der Waals surface area contributed by atoms with Crippen molar-refractivity contribution in [3.63, 3.8) is 0 Å². The van der Waals surface area contributed by atoms with Gasteiger partial charge in [-0.25, -0.2) is 8.42 Å². The molecule has 0 spiro atoms. The van der Waals surface area contributed by atoms with Gasteiger partial charge in [-0.2, -0.15) is 13.2 Å². The average Bonchev–Trinajstić information content (AvgIpc) is 2.65. The van der Waals surface area contributed by atoms with Crippen LogP contribution in [0.15, 0.2) is 54.9 Å². The van der Waals surface area contributed by atoms with E-state index in [2.05, 4.69) is 28.2 Å². The first-order valence-corrected chi connectivity index (χ1v) is 10.7. The Morgan fingerprint density at radius 1 is 0.909 bits per heavy atom. The average molecular weight is 502 g/mol. The predicted molar refractivity (Wildman–Crippen MR) is 110 cm³/mol. The molecule has 0 amide bonds. The molecule has 0 aliphatic carbocycles. The van der Waals surface area contributed by atoms with Crippen molar-refractivity contribution in [1.82, 2.24) is 0 Å². The van der Waals surface area contributed by atoms with Crippen LogP contribution in [-0.4, -0.2) is 65.2 Å². The Kier molecular flexibility index (Phi) is 10.8. The molecule has 1 aromatic heterocycles.